The molecule has 1 atom stereocenters. The number of sulfone groups is 1. The molecule has 2 rings (SSSR count). The van der Waals surface area contributed by atoms with Gasteiger partial charge in [0.1, 0.15) is 6.04 Å². The molecule has 0 radical (unpaired) electrons. The smallest absolute Gasteiger partial charge is 0.244 e. The Balaban J connectivity index is 2.30. The maximum atomic E-state index is 11.8. The highest BCUT2D eigenvalue weighted by Gasteiger charge is 2.29. The van der Waals surface area contributed by atoms with Crippen molar-refractivity contribution in [1.82, 2.24) is 4.90 Å². The molecular weight excluding hydrogens is 266 g/mol. The normalized spacial score (nSPS) is 19.8. The Morgan fingerprint density at radius 3 is 2.63 bits per heavy atom. The highest BCUT2D eigenvalue weighted by Crippen LogP contribution is 2.28. The molecule has 1 aromatic carbocycles. The summed E-state index contributed by atoms with van der Waals surface area (Å²) in [6, 6.07) is 4.40. The summed E-state index contributed by atoms with van der Waals surface area (Å²) in [5.74, 6) is -0.0100. The van der Waals surface area contributed by atoms with Gasteiger partial charge in [0.05, 0.1) is 16.3 Å². The van der Waals surface area contributed by atoms with Crippen LogP contribution in [0.1, 0.15) is 6.42 Å². The van der Waals surface area contributed by atoms with Crippen molar-refractivity contribution in [2.45, 2.75) is 17.4 Å². The molecule has 7 heteroatoms. The van der Waals surface area contributed by atoms with E-state index in [2.05, 4.69) is 5.32 Å². The summed E-state index contributed by atoms with van der Waals surface area (Å²) >= 11 is 0. The molecule has 1 aliphatic heterocycles. The number of rotatable bonds is 3. The monoisotopic (exact) mass is 283 g/mol. The SMILES string of the molecule is CN1CCC(Nc2cccc(S(C)(=O)=O)c2N)C1=O. The van der Waals surface area contributed by atoms with E-state index < -0.39 is 9.84 Å². The van der Waals surface area contributed by atoms with E-state index in [4.69, 9.17) is 5.73 Å². The first-order valence-corrected chi connectivity index (χ1v) is 7.80. The Bertz CT molecular complexity index is 613. The molecule has 1 saturated heterocycles. The number of nitrogens with two attached hydrogens (primary N) is 1. The lowest BCUT2D eigenvalue weighted by molar-refractivity contribution is -0.127. The van der Waals surface area contributed by atoms with Crippen LogP contribution in [0.3, 0.4) is 0 Å². The predicted molar refractivity (Wildman–Crippen MR) is 73.6 cm³/mol. The van der Waals surface area contributed by atoms with Crippen LogP contribution < -0.4 is 11.1 Å². The zero-order valence-electron chi connectivity index (χ0n) is 10.9. The van der Waals surface area contributed by atoms with Gasteiger partial charge >= 0.3 is 0 Å². The molecule has 19 heavy (non-hydrogen) atoms. The van der Waals surface area contributed by atoms with Gasteiger partial charge in [-0.1, -0.05) is 6.07 Å². The molecule has 104 valence electrons. The number of hydrogen-bond acceptors (Lipinski definition) is 5. The molecule has 6 nitrogen and oxygen atoms in total. The Morgan fingerprint density at radius 2 is 2.11 bits per heavy atom. The summed E-state index contributed by atoms with van der Waals surface area (Å²) in [5, 5.41) is 3.02. The molecule has 0 saturated carbocycles. The van der Waals surface area contributed by atoms with Crippen molar-refractivity contribution in [3.05, 3.63) is 18.2 Å². The highest BCUT2D eigenvalue weighted by molar-refractivity contribution is 7.90. The molecule has 1 aliphatic rings. The number of likely N-dealkylation sites (tertiary alicyclic amines) is 1. The van der Waals surface area contributed by atoms with Gasteiger partial charge in [0.15, 0.2) is 9.84 Å². The molecule has 0 spiro atoms. The van der Waals surface area contributed by atoms with Gasteiger partial charge in [0.2, 0.25) is 5.91 Å². The average molecular weight is 283 g/mol. The van der Waals surface area contributed by atoms with E-state index in [0.717, 1.165) is 6.26 Å². The Morgan fingerprint density at radius 1 is 1.42 bits per heavy atom. The molecular formula is C12H17N3O3S. The number of nitrogen functional groups attached to an aromatic ring is 1. The number of nitrogens with zero attached hydrogens (tertiary/aromatic N) is 1. The van der Waals surface area contributed by atoms with E-state index in [1.807, 2.05) is 0 Å². The lowest BCUT2D eigenvalue weighted by Crippen LogP contribution is -2.31. The minimum Gasteiger partial charge on any atom is -0.396 e. The second-order valence-electron chi connectivity index (χ2n) is 4.73. The number of para-hydroxylation sites is 1. The van der Waals surface area contributed by atoms with Crippen LogP contribution in [0.5, 0.6) is 0 Å². The average Bonchev–Trinajstić information content (AvgIpc) is 2.62. The van der Waals surface area contributed by atoms with Crippen molar-refractivity contribution in [3.63, 3.8) is 0 Å². The van der Waals surface area contributed by atoms with Gasteiger partial charge in [0.25, 0.3) is 0 Å². The predicted octanol–water partition coefficient (Wildman–Crippen LogP) is 0.315. The van der Waals surface area contributed by atoms with E-state index >= 15 is 0 Å². The molecule has 1 heterocycles. The fraction of sp³-hybridized carbons (Fsp3) is 0.417. The van der Waals surface area contributed by atoms with Gasteiger partial charge < -0.3 is 16.0 Å². The largest absolute Gasteiger partial charge is 0.396 e. The fourth-order valence-electron chi connectivity index (χ4n) is 2.14. The molecule has 1 amide bonds. The second-order valence-corrected chi connectivity index (χ2v) is 6.72. The first kappa shape index (κ1) is 13.7. The minimum atomic E-state index is -3.37. The Labute approximate surface area is 112 Å². The quantitative estimate of drug-likeness (QED) is 0.779. The van der Waals surface area contributed by atoms with Gasteiger partial charge in [0, 0.05) is 19.8 Å². The maximum Gasteiger partial charge on any atom is 0.244 e. The summed E-state index contributed by atoms with van der Waals surface area (Å²) in [7, 11) is -1.64. The van der Waals surface area contributed by atoms with Crippen LogP contribution in [-0.4, -0.2) is 45.1 Å². The standard InChI is InChI=1S/C12H17N3O3S/c1-15-7-6-9(12(15)16)14-8-4-3-5-10(11(8)13)19(2,17)18/h3-5,9,14H,6-7,13H2,1-2H3. The van der Waals surface area contributed by atoms with E-state index in [9.17, 15) is 13.2 Å². The second kappa shape index (κ2) is 4.73. The number of anilines is 2. The van der Waals surface area contributed by atoms with Crippen LogP contribution in [0.4, 0.5) is 11.4 Å². The van der Waals surface area contributed by atoms with Crippen LogP contribution >= 0.6 is 0 Å². The van der Waals surface area contributed by atoms with Crippen molar-refractivity contribution < 1.29 is 13.2 Å². The lowest BCUT2D eigenvalue weighted by Gasteiger charge is -2.16. The van der Waals surface area contributed by atoms with Gasteiger partial charge in [-0.05, 0) is 18.6 Å². The number of likely N-dealkylation sites (N-methyl/N-ethyl adjacent to an activating group) is 1. The van der Waals surface area contributed by atoms with Gasteiger partial charge in [-0.3, -0.25) is 4.79 Å². The van der Waals surface area contributed by atoms with Crippen LogP contribution in [-0.2, 0) is 14.6 Å². The first-order valence-electron chi connectivity index (χ1n) is 5.91. The zero-order valence-corrected chi connectivity index (χ0v) is 11.7. The number of carbonyl (C=O) groups excluding carboxylic acids is 1. The van der Waals surface area contributed by atoms with Gasteiger partial charge in [-0.2, -0.15) is 0 Å². The van der Waals surface area contributed by atoms with Gasteiger partial charge in [-0.15, -0.1) is 0 Å². The molecule has 3 N–H and O–H groups in total. The van der Waals surface area contributed by atoms with Crippen LogP contribution in [0.15, 0.2) is 23.1 Å². The lowest BCUT2D eigenvalue weighted by atomic mass is 10.2. The van der Waals surface area contributed by atoms with Crippen LogP contribution in [0.2, 0.25) is 0 Å². The molecule has 1 aromatic rings. The number of benzene rings is 1. The zero-order chi connectivity index (χ0) is 14.2. The molecule has 0 bridgehead atoms. The summed E-state index contributed by atoms with van der Waals surface area (Å²) in [4.78, 5) is 13.5. The number of carbonyl (C=O) groups is 1. The van der Waals surface area contributed by atoms with E-state index in [0.29, 0.717) is 18.7 Å². The Hall–Kier alpha value is -1.76. The van der Waals surface area contributed by atoms with E-state index in [-0.39, 0.29) is 22.5 Å². The van der Waals surface area contributed by atoms with Crippen LogP contribution in [0.25, 0.3) is 0 Å². The van der Waals surface area contributed by atoms with Gasteiger partial charge in [-0.25, -0.2) is 8.42 Å². The summed E-state index contributed by atoms with van der Waals surface area (Å²) in [6.45, 7) is 0.683. The number of nitrogens with one attached hydrogen (secondary N) is 1. The highest BCUT2D eigenvalue weighted by atomic mass is 32.2. The van der Waals surface area contributed by atoms with Crippen LogP contribution in [0, 0.1) is 0 Å². The third-order valence-electron chi connectivity index (χ3n) is 3.22. The Kier molecular flexibility index (Phi) is 3.40. The number of amides is 1. The summed E-state index contributed by atoms with van der Waals surface area (Å²) in [5.41, 5.74) is 6.50. The molecule has 0 aliphatic carbocycles. The van der Waals surface area contributed by atoms with Crippen molar-refractivity contribution in [1.29, 1.82) is 0 Å². The third kappa shape index (κ3) is 2.65. The molecule has 1 fully saturated rings. The minimum absolute atomic E-state index is 0.0100. The summed E-state index contributed by atoms with van der Waals surface area (Å²) in [6.07, 6.45) is 1.79. The topological polar surface area (TPSA) is 92.5 Å². The first-order chi connectivity index (χ1) is 8.80. The fourth-order valence-corrected chi connectivity index (χ4v) is 2.97. The van der Waals surface area contributed by atoms with E-state index in [1.165, 1.54) is 6.07 Å². The van der Waals surface area contributed by atoms with Crippen molar-refractivity contribution in [2.75, 3.05) is 30.9 Å². The molecule has 1 unspecified atom stereocenters. The van der Waals surface area contributed by atoms with E-state index in [1.54, 1.807) is 24.1 Å². The maximum absolute atomic E-state index is 11.8. The molecule has 0 aromatic heterocycles. The van der Waals surface area contributed by atoms with Crippen molar-refractivity contribution >= 4 is 27.1 Å². The van der Waals surface area contributed by atoms with Crippen molar-refractivity contribution in [2.24, 2.45) is 0 Å². The van der Waals surface area contributed by atoms with Crippen molar-refractivity contribution in [3.8, 4) is 0 Å². The third-order valence-corrected chi connectivity index (χ3v) is 4.38. The summed E-state index contributed by atoms with van der Waals surface area (Å²) < 4.78 is 23.2. The number of hydrogen-bond donors (Lipinski definition) is 2.